The van der Waals surface area contributed by atoms with Crippen molar-refractivity contribution in [3.8, 4) is 0 Å². The van der Waals surface area contributed by atoms with E-state index in [0.29, 0.717) is 0 Å². The van der Waals surface area contributed by atoms with Gasteiger partial charge in [0.25, 0.3) is 0 Å². The van der Waals surface area contributed by atoms with Crippen LogP contribution in [0, 0.1) is 0 Å². The SMILES string of the molecule is CC(=O)NC1C(OC(C)(C)C)OC2NC2C1O. The van der Waals surface area contributed by atoms with Gasteiger partial charge in [0.1, 0.15) is 12.3 Å². The van der Waals surface area contributed by atoms with Crippen molar-refractivity contribution >= 4 is 5.91 Å². The number of aliphatic hydroxyl groups excluding tert-OH is 1. The van der Waals surface area contributed by atoms with Gasteiger partial charge in [-0.15, -0.1) is 0 Å². The molecule has 0 aliphatic carbocycles. The van der Waals surface area contributed by atoms with Crippen LogP contribution in [0.1, 0.15) is 27.7 Å². The molecule has 2 fully saturated rings. The topological polar surface area (TPSA) is 89.7 Å². The second kappa shape index (κ2) is 4.20. The lowest BCUT2D eigenvalue weighted by molar-refractivity contribution is -0.239. The maximum absolute atomic E-state index is 11.1. The minimum atomic E-state index is -0.690. The van der Waals surface area contributed by atoms with E-state index in [1.165, 1.54) is 6.92 Å². The predicted octanol–water partition coefficient (Wildman–Crippen LogP) is -0.679. The van der Waals surface area contributed by atoms with Gasteiger partial charge in [-0.2, -0.15) is 0 Å². The van der Waals surface area contributed by atoms with E-state index in [0.717, 1.165) is 0 Å². The molecule has 2 rings (SSSR count). The summed E-state index contributed by atoms with van der Waals surface area (Å²) in [5, 5.41) is 15.7. The Labute approximate surface area is 101 Å². The third-order valence-electron chi connectivity index (χ3n) is 2.72. The Morgan fingerprint density at radius 2 is 2.12 bits per heavy atom. The van der Waals surface area contributed by atoms with Gasteiger partial charge in [-0.25, -0.2) is 0 Å². The fourth-order valence-corrected chi connectivity index (χ4v) is 1.99. The Morgan fingerprint density at radius 3 is 2.65 bits per heavy atom. The molecule has 3 N–H and O–H groups in total. The van der Waals surface area contributed by atoms with Gasteiger partial charge in [0.05, 0.1) is 17.7 Å². The number of amides is 1. The molecule has 2 aliphatic rings. The van der Waals surface area contributed by atoms with E-state index in [9.17, 15) is 9.90 Å². The summed E-state index contributed by atoms with van der Waals surface area (Å²) in [6.07, 6.45) is -1.49. The normalized spacial score (nSPS) is 40.6. The maximum Gasteiger partial charge on any atom is 0.217 e. The molecule has 0 aromatic carbocycles. The van der Waals surface area contributed by atoms with Crippen LogP contribution >= 0.6 is 0 Å². The molecule has 5 atom stereocenters. The number of hydrogen-bond acceptors (Lipinski definition) is 5. The molecule has 17 heavy (non-hydrogen) atoms. The van der Waals surface area contributed by atoms with E-state index in [4.69, 9.17) is 9.47 Å². The first kappa shape index (κ1) is 12.8. The van der Waals surface area contributed by atoms with Crippen molar-refractivity contribution in [3.63, 3.8) is 0 Å². The highest BCUT2D eigenvalue weighted by Gasteiger charge is 2.55. The molecule has 2 aliphatic heterocycles. The summed E-state index contributed by atoms with van der Waals surface area (Å²) in [5.74, 6) is -0.209. The minimum absolute atomic E-state index is 0.105. The second-order valence-electron chi connectivity index (χ2n) is 5.56. The lowest BCUT2D eigenvalue weighted by Crippen LogP contribution is -2.58. The van der Waals surface area contributed by atoms with Crippen LogP contribution in [0.5, 0.6) is 0 Å². The molecule has 0 bridgehead atoms. The molecule has 98 valence electrons. The van der Waals surface area contributed by atoms with Gasteiger partial charge in [-0.3, -0.25) is 10.1 Å². The van der Waals surface area contributed by atoms with E-state index in [2.05, 4.69) is 10.6 Å². The van der Waals surface area contributed by atoms with Crippen molar-refractivity contribution < 1.29 is 19.4 Å². The Balaban J connectivity index is 2.07. The average molecular weight is 244 g/mol. The van der Waals surface area contributed by atoms with Gasteiger partial charge in [0.2, 0.25) is 5.91 Å². The van der Waals surface area contributed by atoms with Crippen LogP contribution in [0.25, 0.3) is 0 Å². The number of rotatable bonds is 2. The molecule has 5 unspecified atom stereocenters. The van der Waals surface area contributed by atoms with Crippen LogP contribution < -0.4 is 10.6 Å². The van der Waals surface area contributed by atoms with Crippen molar-refractivity contribution in [2.24, 2.45) is 0 Å². The van der Waals surface area contributed by atoms with Crippen molar-refractivity contribution in [1.29, 1.82) is 0 Å². The Bertz CT molecular complexity index is 315. The third-order valence-corrected chi connectivity index (χ3v) is 2.72. The summed E-state index contributed by atoms with van der Waals surface area (Å²) in [4.78, 5) is 11.1. The van der Waals surface area contributed by atoms with Crippen LogP contribution in [0.2, 0.25) is 0 Å². The van der Waals surface area contributed by atoms with Gasteiger partial charge < -0.3 is 19.9 Å². The number of fused-ring (bicyclic) bond motifs is 1. The highest BCUT2D eigenvalue weighted by Crippen LogP contribution is 2.31. The summed E-state index contributed by atoms with van der Waals surface area (Å²) in [6.45, 7) is 7.12. The van der Waals surface area contributed by atoms with E-state index < -0.39 is 24.0 Å². The molecule has 1 amide bonds. The van der Waals surface area contributed by atoms with Gasteiger partial charge in [-0.05, 0) is 20.8 Å². The number of aliphatic hydroxyl groups is 1. The summed E-state index contributed by atoms with van der Waals surface area (Å²) < 4.78 is 11.3. The molecule has 0 radical (unpaired) electrons. The van der Waals surface area contributed by atoms with E-state index in [-0.39, 0.29) is 18.2 Å². The van der Waals surface area contributed by atoms with Crippen molar-refractivity contribution in [3.05, 3.63) is 0 Å². The summed E-state index contributed by atoms with van der Waals surface area (Å²) in [5.41, 5.74) is -0.400. The number of carbonyl (C=O) groups is 1. The maximum atomic E-state index is 11.1. The molecule has 0 aromatic heterocycles. The first-order valence-electron chi connectivity index (χ1n) is 5.82. The molecular formula is C11H20N2O4. The number of nitrogens with one attached hydrogen (secondary N) is 2. The zero-order chi connectivity index (χ0) is 12.8. The molecule has 0 aromatic rings. The highest BCUT2D eigenvalue weighted by molar-refractivity contribution is 5.73. The van der Waals surface area contributed by atoms with Crippen LogP contribution in [0.3, 0.4) is 0 Å². The second-order valence-corrected chi connectivity index (χ2v) is 5.56. The Morgan fingerprint density at radius 1 is 1.47 bits per heavy atom. The zero-order valence-corrected chi connectivity index (χ0v) is 10.6. The van der Waals surface area contributed by atoms with Crippen molar-refractivity contribution in [2.75, 3.05) is 0 Å². The largest absolute Gasteiger partial charge is 0.389 e. The summed E-state index contributed by atoms with van der Waals surface area (Å²) in [6, 6.07) is -0.644. The lowest BCUT2D eigenvalue weighted by Gasteiger charge is -2.37. The third kappa shape index (κ3) is 2.95. The van der Waals surface area contributed by atoms with Gasteiger partial charge in [0, 0.05) is 6.92 Å². The molecule has 6 nitrogen and oxygen atoms in total. The first-order chi connectivity index (χ1) is 7.78. The molecular weight excluding hydrogens is 224 g/mol. The predicted molar refractivity (Wildman–Crippen MR) is 60.0 cm³/mol. The fourth-order valence-electron chi connectivity index (χ4n) is 1.99. The van der Waals surface area contributed by atoms with Gasteiger partial charge >= 0.3 is 0 Å². The standard InChI is InChI=1S/C11H20N2O4/c1-5(14)12-7-8(15)6-9(13-6)16-10(7)17-11(2,3)4/h6-10,13,15H,1-4H3,(H,12,14). The lowest BCUT2D eigenvalue weighted by atomic mass is 10.0. The molecule has 2 saturated heterocycles. The average Bonchev–Trinajstić information content (AvgIpc) is 2.87. The highest BCUT2D eigenvalue weighted by atomic mass is 16.7. The zero-order valence-electron chi connectivity index (χ0n) is 10.6. The molecule has 0 saturated carbocycles. The number of hydrogen-bond donors (Lipinski definition) is 3. The number of ether oxygens (including phenoxy) is 2. The quantitative estimate of drug-likeness (QED) is 0.560. The van der Waals surface area contributed by atoms with E-state index in [1.807, 2.05) is 20.8 Å². The smallest absolute Gasteiger partial charge is 0.217 e. The van der Waals surface area contributed by atoms with Crippen molar-refractivity contribution in [2.45, 2.75) is 64.0 Å². The summed E-state index contributed by atoms with van der Waals surface area (Å²) in [7, 11) is 0. The van der Waals surface area contributed by atoms with E-state index >= 15 is 0 Å². The monoisotopic (exact) mass is 244 g/mol. The van der Waals surface area contributed by atoms with Crippen molar-refractivity contribution in [1.82, 2.24) is 10.6 Å². The fraction of sp³-hybridized carbons (Fsp3) is 0.909. The molecule has 2 heterocycles. The number of carbonyl (C=O) groups excluding carboxylic acids is 1. The van der Waals surface area contributed by atoms with Crippen LogP contribution in [-0.2, 0) is 14.3 Å². The molecule has 6 heteroatoms. The van der Waals surface area contributed by atoms with Gasteiger partial charge in [-0.1, -0.05) is 0 Å². The van der Waals surface area contributed by atoms with Crippen LogP contribution in [0.15, 0.2) is 0 Å². The Kier molecular flexibility index (Phi) is 3.15. The molecule has 0 spiro atoms. The van der Waals surface area contributed by atoms with Crippen LogP contribution in [-0.4, -0.2) is 47.3 Å². The van der Waals surface area contributed by atoms with Crippen LogP contribution in [0.4, 0.5) is 0 Å². The Hall–Kier alpha value is -0.690. The summed E-state index contributed by atoms with van der Waals surface area (Å²) >= 11 is 0. The van der Waals surface area contributed by atoms with E-state index in [1.54, 1.807) is 0 Å². The van der Waals surface area contributed by atoms with Gasteiger partial charge in [0.15, 0.2) is 6.29 Å². The minimum Gasteiger partial charge on any atom is -0.389 e. The first-order valence-corrected chi connectivity index (χ1v) is 5.82.